The van der Waals surface area contributed by atoms with Gasteiger partial charge in [-0.15, -0.1) is 0 Å². The third-order valence-electron chi connectivity index (χ3n) is 3.69. The van der Waals surface area contributed by atoms with Crippen LogP contribution in [0.2, 0.25) is 5.02 Å². The number of hydrogen-bond acceptors (Lipinski definition) is 5. The summed E-state index contributed by atoms with van der Waals surface area (Å²) in [5, 5.41) is 14.7. The molecular weight excluding hydrogens is 292 g/mol. The van der Waals surface area contributed by atoms with E-state index in [0.29, 0.717) is 10.7 Å². The molecule has 1 N–H and O–H groups in total. The Bertz CT molecular complexity index is 504. The Hall–Kier alpha value is -1.37. The average molecular weight is 313 g/mol. The first kappa shape index (κ1) is 16.0. The minimum atomic E-state index is -0.406. The Labute approximate surface area is 129 Å². The highest BCUT2D eigenvalue weighted by molar-refractivity contribution is 6.30. The topological polar surface area (TPSA) is 61.6 Å². The second-order valence-electron chi connectivity index (χ2n) is 5.57. The summed E-state index contributed by atoms with van der Waals surface area (Å²) in [7, 11) is 2.12. The maximum absolute atomic E-state index is 11.1. The van der Waals surface area contributed by atoms with Crippen LogP contribution in [0.1, 0.15) is 6.92 Å². The Morgan fingerprint density at radius 2 is 2.05 bits per heavy atom. The molecule has 1 saturated heterocycles. The summed E-state index contributed by atoms with van der Waals surface area (Å²) in [6, 6.07) is 4.85. The Balaban J connectivity index is 1.96. The summed E-state index contributed by atoms with van der Waals surface area (Å²) in [4.78, 5) is 15.3. The number of piperazine rings is 1. The first-order chi connectivity index (χ1) is 9.95. The molecule has 0 amide bonds. The number of nitro groups is 1. The summed E-state index contributed by atoms with van der Waals surface area (Å²) in [5.41, 5.74) is 0.541. The Morgan fingerprint density at radius 1 is 1.38 bits per heavy atom. The monoisotopic (exact) mass is 312 g/mol. The smallest absolute Gasteiger partial charge is 0.293 e. The van der Waals surface area contributed by atoms with Gasteiger partial charge in [-0.05, 0) is 26.1 Å². The SMILES string of the molecule is CC(CN1CCN(C)CC1)Nc1ccc(Cl)cc1[N+](=O)[O-]. The van der Waals surface area contributed by atoms with E-state index in [1.807, 2.05) is 6.92 Å². The summed E-state index contributed by atoms with van der Waals surface area (Å²) in [6.45, 7) is 7.10. The standard InChI is InChI=1S/C14H21ClN4O2/c1-11(10-18-7-5-17(2)6-8-18)16-13-4-3-12(15)9-14(13)19(20)21/h3-4,9,11,16H,5-8,10H2,1-2H3. The number of benzene rings is 1. The van der Waals surface area contributed by atoms with Crippen molar-refractivity contribution in [2.45, 2.75) is 13.0 Å². The lowest BCUT2D eigenvalue weighted by Gasteiger charge is -2.34. The van der Waals surface area contributed by atoms with Crippen LogP contribution in [0.15, 0.2) is 18.2 Å². The number of hydrogen-bond donors (Lipinski definition) is 1. The molecule has 0 radical (unpaired) electrons. The second-order valence-corrected chi connectivity index (χ2v) is 6.00. The number of likely N-dealkylation sites (N-methyl/N-ethyl adjacent to an activating group) is 1. The van der Waals surface area contributed by atoms with E-state index in [2.05, 4.69) is 22.2 Å². The number of nitrogens with one attached hydrogen (secondary N) is 1. The summed E-state index contributed by atoms with van der Waals surface area (Å²) < 4.78 is 0. The molecule has 0 saturated carbocycles. The second kappa shape index (κ2) is 7.06. The molecule has 1 aliphatic heterocycles. The molecule has 1 unspecified atom stereocenters. The molecule has 116 valence electrons. The van der Waals surface area contributed by atoms with Crippen molar-refractivity contribution in [3.63, 3.8) is 0 Å². The van der Waals surface area contributed by atoms with Gasteiger partial charge in [-0.3, -0.25) is 15.0 Å². The fourth-order valence-corrected chi connectivity index (χ4v) is 2.67. The molecule has 1 aliphatic rings. The van der Waals surface area contributed by atoms with E-state index in [-0.39, 0.29) is 11.7 Å². The van der Waals surface area contributed by atoms with E-state index in [9.17, 15) is 10.1 Å². The van der Waals surface area contributed by atoms with E-state index in [4.69, 9.17) is 11.6 Å². The van der Waals surface area contributed by atoms with Crippen LogP contribution >= 0.6 is 11.6 Å². The van der Waals surface area contributed by atoms with Crippen LogP contribution in [0, 0.1) is 10.1 Å². The van der Waals surface area contributed by atoms with Gasteiger partial charge in [-0.2, -0.15) is 0 Å². The van der Waals surface area contributed by atoms with Crippen molar-refractivity contribution in [1.82, 2.24) is 9.80 Å². The maximum Gasteiger partial charge on any atom is 0.293 e. The first-order valence-electron chi connectivity index (χ1n) is 7.07. The number of rotatable bonds is 5. The molecule has 1 aromatic carbocycles. The van der Waals surface area contributed by atoms with Gasteiger partial charge in [0.1, 0.15) is 5.69 Å². The molecule has 2 rings (SSSR count). The average Bonchev–Trinajstić information content (AvgIpc) is 2.43. The highest BCUT2D eigenvalue weighted by Crippen LogP contribution is 2.28. The fraction of sp³-hybridized carbons (Fsp3) is 0.571. The predicted molar refractivity (Wildman–Crippen MR) is 85.1 cm³/mol. The number of anilines is 1. The molecule has 0 bridgehead atoms. The minimum absolute atomic E-state index is 0.0210. The van der Waals surface area contributed by atoms with E-state index in [1.54, 1.807) is 12.1 Å². The molecule has 1 fully saturated rings. The molecular formula is C14H21ClN4O2. The van der Waals surface area contributed by atoms with Gasteiger partial charge < -0.3 is 10.2 Å². The molecule has 6 nitrogen and oxygen atoms in total. The zero-order valence-corrected chi connectivity index (χ0v) is 13.1. The highest BCUT2D eigenvalue weighted by atomic mass is 35.5. The molecule has 7 heteroatoms. The third-order valence-corrected chi connectivity index (χ3v) is 3.92. The summed E-state index contributed by atoms with van der Waals surface area (Å²) in [6.07, 6.45) is 0. The Kier molecular flexibility index (Phi) is 5.39. The van der Waals surface area contributed by atoms with Gasteiger partial charge in [0.2, 0.25) is 0 Å². The van der Waals surface area contributed by atoms with Crippen LogP contribution in [0.5, 0.6) is 0 Å². The van der Waals surface area contributed by atoms with Crippen molar-refractivity contribution in [1.29, 1.82) is 0 Å². The molecule has 0 aliphatic carbocycles. The van der Waals surface area contributed by atoms with Crippen molar-refractivity contribution in [3.8, 4) is 0 Å². The van der Waals surface area contributed by atoms with Gasteiger partial charge >= 0.3 is 0 Å². The molecule has 0 spiro atoms. The fourth-order valence-electron chi connectivity index (χ4n) is 2.51. The largest absolute Gasteiger partial charge is 0.376 e. The van der Waals surface area contributed by atoms with E-state index < -0.39 is 4.92 Å². The number of halogens is 1. The summed E-state index contributed by atoms with van der Waals surface area (Å²) >= 11 is 5.82. The van der Waals surface area contributed by atoms with Crippen molar-refractivity contribution in [3.05, 3.63) is 33.3 Å². The lowest BCUT2D eigenvalue weighted by Crippen LogP contribution is -2.47. The lowest BCUT2D eigenvalue weighted by atomic mass is 10.2. The third kappa shape index (κ3) is 4.56. The van der Waals surface area contributed by atoms with Crippen molar-refractivity contribution in [2.24, 2.45) is 0 Å². The predicted octanol–water partition coefficient (Wildman–Crippen LogP) is 2.30. The van der Waals surface area contributed by atoms with Gasteiger partial charge in [0.05, 0.1) is 4.92 Å². The maximum atomic E-state index is 11.1. The quantitative estimate of drug-likeness (QED) is 0.667. The van der Waals surface area contributed by atoms with Crippen LogP contribution in [-0.4, -0.2) is 60.5 Å². The molecule has 21 heavy (non-hydrogen) atoms. The summed E-state index contributed by atoms with van der Waals surface area (Å²) in [5.74, 6) is 0. The van der Waals surface area contributed by atoms with Crippen molar-refractivity contribution >= 4 is 23.0 Å². The van der Waals surface area contributed by atoms with Crippen LogP contribution in [-0.2, 0) is 0 Å². The zero-order valence-electron chi connectivity index (χ0n) is 12.4. The van der Waals surface area contributed by atoms with E-state index in [0.717, 1.165) is 32.7 Å². The van der Waals surface area contributed by atoms with Gasteiger partial charge in [0.25, 0.3) is 5.69 Å². The van der Waals surface area contributed by atoms with Gasteiger partial charge in [0, 0.05) is 49.9 Å². The minimum Gasteiger partial charge on any atom is -0.376 e. The van der Waals surface area contributed by atoms with E-state index in [1.165, 1.54) is 6.07 Å². The van der Waals surface area contributed by atoms with Crippen LogP contribution in [0.25, 0.3) is 0 Å². The highest BCUT2D eigenvalue weighted by Gasteiger charge is 2.19. The van der Waals surface area contributed by atoms with Gasteiger partial charge in [-0.25, -0.2) is 0 Å². The van der Waals surface area contributed by atoms with E-state index >= 15 is 0 Å². The van der Waals surface area contributed by atoms with Crippen LogP contribution < -0.4 is 5.32 Å². The molecule has 0 aromatic heterocycles. The van der Waals surface area contributed by atoms with Crippen molar-refractivity contribution < 1.29 is 4.92 Å². The number of nitro benzene ring substituents is 1. The van der Waals surface area contributed by atoms with Crippen LogP contribution in [0.3, 0.4) is 0 Å². The number of nitrogens with zero attached hydrogens (tertiary/aromatic N) is 3. The molecule has 1 aromatic rings. The Morgan fingerprint density at radius 3 is 2.67 bits per heavy atom. The molecule has 1 atom stereocenters. The van der Waals surface area contributed by atoms with Gasteiger partial charge in [0.15, 0.2) is 0 Å². The van der Waals surface area contributed by atoms with Gasteiger partial charge in [-0.1, -0.05) is 11.6 Å². The molecule has 1 heterocycles. The first-order valence-corrected chi connectivity index (χ1v) is 7.45. The normalized spacial score (nSPS) is 18.4. The zero-order chi connectivity index (χ0) is 15.4. The van der Waals surface area contributed by atoms with Crippen LogP contribution in [0.4, 0.5) is 11.4 Å². The lowest BCUT2D eigenvalue weighted by molar-refractivity contribution is -0.384. The van der Waals surface area contributed by atoms with Crippen molar-refractivity contribution in [2.75, 3.05) is 45.1 Å².